The van der Waals surface area contributed by atoms with Gasteiger partial charge >= 0.3 is 19.1 Å². The van der Waals surface area contributed by atoms with Crippen molar-refractivity contribution in [3.63, 3.8) is 0 Å². The van der Waals surface area contributed by atoms with Crippen molar-refractivity contribution in [1.82, 2.24) is 9.88 Å². The third-order valence-electron chi connectivity index (χ3n) is 5.71. The number of benzene rings is 1. The summed E-state index contributed by atoms with van der Waals surface area (Å²) in [4.78, 5) is 30.0. The van der Waals surface area contributed by atoms with Crippen LogP contribution in [0.5, 0.6) is 11.6 Å². The van der Waals surface area contributed by atoms with Crippen LogP contribution >= 0.6 is 0 Å². The van der Waals surface area contributed by atoms with Gasteiger partial charge in [-0.15, -0.1) is 0 Å². The standard InChI is InChI=1S/C27H29BN2O6/c1-19-11-14-22(8-4-5-9-24(19)34-25-10-6-7-20(2)29-25)33-23-15-12-21(13-16-23)28-35-26(31)17-30(3)18-27(32)36-28/h4-7,9-10,12-13,15-16,22H,1,8,11,14,17-18H2,2-3H3/b5-4-,24-9?/t22-/m0/s1. The second kappa shape index (κ2) is 11.7. The lowest BCUT2D eigenvalue weighted by Gasteiger charge is -2.23. The fraction of sp³-hybridized carbons (Fsp3) is 0.296. The summed E-state index contributed by atoms with van der Waals surface area (Å²) in [6, 6.07) is 12.7. The highest BCUT2D eigenvalue weighted by Crippen LogP contribution is 2.24. The van der Waals surface area contributed by atoms with Crippen molar-refractivity contribution in [2.75, 3.05) is 20.1 Å². The van der Waals surface area contributed by atoms with E-state index in [1.165, 1.54) is 0 Å². The van der Waals surface area contributed by atoms with E-state index >= 15 is 0 Å². The molecule has 1 fully saturated rings. The number of hydrogen-bond donors (Lipinski definition) is 0. The molecule has 1 saturated heterocycles. The first-order valence-corrected chi connectivity index (χ1v) is 11.9. The fourth-order valence-corrected chi connectivity index (χ4v) is 3.85. The number of rotatable bonds is 5. The SMILES string of the molecule is C=C1CC[C@@H](Oc2ccc(B3OC(=O)CN(C)CC(=O)O3)cc2)C/C=C\C=C1Oc1cccc(C)n1. The Bertz CT molecular complexity index is 1160. The van der Waals surface area contributed by atoms with Crippen LogP contribution in [0.15, 0.2) is 78.6 Å². The second-order valence-electron chi connectivity index (χ2n) is 8.85. The van der Waals surface area contributed by atoms with E-state index in [1.54, 1.807) is 36.2 Å². The average Bonchev–Trinajstić information content (AvgIpc) is 2.90. The minimum Gasteiger partial charge on any atom is -0.494 e. The van der Waals surface area contributed by atoms with Gasteiger partial charge in [0.25, 0.3) is 0 Å². The number of aryl methyl sites for hydroxylation is 1. The lowest BCUT2D eigenvalue weighted by Crippen LogP contribution is -2.47. The minimum atomic E-state index is -1.07. The molecule has 4 rings (SSSR count). The molecule has 1 aliphatic carbocycles. The Labute approximate surface area is 211 Å². The third-order valence-corrected chi connectivity index (χ3v) is 5.71. The highest BCUT2D eigenvalue weighted by molar-refractivity contribution is 6.64. The van der Waals surface area contributed by atoms with Gasteiger partial charge in [-0.05, 0) is 56.7 Å². The molecule has 186 valence electrons. The van der Waals surface area contributed by atoms with Crippen molar-refractivity contribution in [1.29, 1.82) is 0 Å². The normalized spacial score (nSPS) is 20.5. The Morgan fingerprint density at radius 2 is 1.81 bits per heavy atom. The predicted octanol–water partition coefficient (Wildman–Crippen LogP) is 3.12. The number of hydrogen-bond acceptors (Lipinski definition) is 8. The number of ether oxygens (including phenoxy) is 2. The van der Waals surface area contributed by atoms with Crippen LogP contribution in [0.2, 0.25) is 0 Å². The van der Waals surface area contributed by atoms with Crippen LogP contribution in [0.4, 0.5) is 0 Å². The molecule has 1 aromatic carbocycles. The Balaban J connectivity index is 1.35. The van der Waals surface area contributed by atoms with Gasteiger partial charge in [0.05, 0.1) is 13.1 Å². The number of allylic oxidation sites excluding steroid dienone is 3. The number of likely N-dealkylation sites (N-methyl/N-ethyl adjacent to an activating group) is 1. The molecule has 2 heterocycles. The molecule has 1 aromatic heterocycles. The van der Waals surface area contributed by atoms with E-state index in [4.69, 9.17) is 18.8 Å². The first-order valence-electron chi connectivity index (χ1n) is 11.9. The van der Waals surface area contributed by atoms with Crippen LogP contribution in [-0.2, 0) is 18.9 Å². The molecule has 0 unspecified atom stereocenters. The molecule has 0 bridgehead atoms. The van der Waals surface area contributed by atoms with Crippen LogP contribution in [0.25, 0.3) is 0 Å². The van der Waals surface area contributed by atoms with Crippen LogP contribution in [-0.4, -0.2) is 55.2 Å². The molecular formula is C27H29BN2O6. The van der Waals surface area contributed by atoms with Gasteiger partial charge in [-0.25, -0.2) is 4.98 Å². The summed E-state index contributed by atoms with van der Waals surface area (Å²) >= 11 is 0. The van der Waals surface area contributed by atoms with Crippen molar-refractivity contribution < 1.29 is 28.4 Å². The molecule has 0 saturated carbocycles. The summed E-state index contributed by atoms with van der Waals surface area (Å²) in [5.74, 6) is 0.976. The Morgan fingerprint density at radius 1 is 1.08 bits per heavy atom. The quantitative estimate of drug-likeness (QED) is 0.594. The largest absolute Gasteiger partial charge is 0.636 e. The monoisotopic (exact) mass is 488 g/mol. The maximum absolute atomic E-state index is 12.0. The number of carbonyl (C=O) groups excluding carboxylic acids is 2. The van der Waals surface area contributed by atoms with E-state index < -0.39 is 19.1 Å². The Hall–Kier alpha value is -3.85. The molecule has 36 heavy (non-hydrogen) atoms. The van der Waals surface area contributed by atoms with Gasteiger partial charge in [0.1, 0.15) is 17.6 Å². The summed E-state index contributed by atoms with van der Waals surface area (Å²) in [7, 11) is 0.582. The summed E-state index contributed by atoms with van der Waals surface area (Å²) in [5.41, 5.74) is 2.31. The van der Waals surface area contributed by atoms with Crippen molar-refractivity contribution in [3.8, 4) is 11.6 Å². The van der Waals surface area contributed by atoms with Crippen LogP contribution in [0.3, 0.4) is 0 Å². The molecule has 2 aliphatic rings. The highest BCUT2D eigenvalue weighted by Gasteiger charge is 2.33. The summed E-state index contributed by atoms with van der Waals surface area (Å²) in [6.07, 6.45) is 7.97. The van der Waals surface area contributed by atoms with Crippen molar-refractivity contribution in [3.05, 3.63) is 84.3 Å². The van der Waals surface area contributed by atoms with Crippen LogP contribution in [0.1, 0.15) is 25.0 Å². The molecule has 0 N–H and O–H groups in total. The van der Waals surface area contributed by atoms with E-state index in [1.807, 2.05) is 43.4 Å². The van der Waals surface area contributed by atoms with E-state index in [0.717, 1.165) is 17.7 Å². The topological polar surface area (TPSA) is 87.2 Å². The zero-order valence-electron chi connectivity index (χ0n) is 20.5. The van der Waals surface area contributed by atoms with Crippen molar-refractivity contribution >= 4 is 24.5 Å². The Kier molecular flexibility index (Phi) is 8.22. The molecule has 9 heteroatoms. The van der Waals surface area contributed by atoms with E-state index in [9.17, 15) is 9.59 Å². The maximum Gasteiger partial charge on any atom is 0.636 e. The minimum absolute atomic E-state index is 0.0242. The molecule has 0 radical (unpaired) electrons. The van der Waals surface area contributed by atoms with Gasteiger partial charge in [0.2, 0.25) is 5.88 Å². The average molecular weight is 488 g/mol. The number of carbonyl (C=O) groups is 2. The first-order chi connectivity index (χ1) is 17.4. The number of aromatic nitrogens is 1. The predicted molar refractivity (Wildman–Crippen MR) is 136 cm³/mol. The van der Waals surface area contributed by atoms with E-state index in [-0.39, 0.29) is 19.2 Å². The summed E-state index contributed by atoms with van der Waals surface area (Å²) in [6.45, 7) is 6.17. The van der Waals surface area contributed by atoms with E-state index in [0.29, 0.717) is 35.7 Å². The zero-order valence-corrected chi connectivity index (χ0v) is 20.5. The first kappa shape index (κ1) is 25.3. The number of nitrogens with zero attached hydrogens (tertiary/aromatic N) is 2. The highest BCUT2D eigenvalue weighted by atomic mass is 16.6. The van der Waals surface area contributed by atoms with Crippen LogP contribution < -0.4 is 14.9 Å². The Morgan fingerprint density at radius 3 is 2.50 bits per heavy atom. The van der Waals surface area contributed by atoms with Gasteiger partial charge < -0.3 is 18.8 Å². The van der Waals surface area contributed by atoms with Gasteiger partial charge in [-0.1, -0.05) is 36.9 Å². The lowest BCUT2D eigenvalue weighted by molar-refractivity contribution is -0.145. The summed E-state index contributed by atoms with van der Waals surface area (Å²) < 4.78 is 22.8. The van der Waals surface area contributed by atoms with Crippen molar-refractivity contribution in [2.24, 2.45) is 0 Å². The van der Waals surface area contributed by atoms with Crippen molar-refractivity contribution in [2.45, 2.75) is 32.3 Å². The molecule has 1 aliphatic heterocycles. The van der Waals surface area contributed by atoms with Crippen LogP contribution in [0, 0.1) is 6.92 Å². The van der Waals surface area contributed by atoms with Gasteiger partial charge in [0.15, 0.2) is 0 Å². The lowest BCUT2D eigenvalue weighted by atomic mass is 9.78. The smallest absolute Gasteiger partial charge is 0.494 e. The molecule has 8 nitrogen and oxygen atoms in total. The fourth-order valence-electron chi connectivity index (χ4n) is 3.85. The second-order valence-corrected chi connectivity index (χ2v) is 8.85. The molecule has 0 amide bonds. The zero-order chi connectivity index (χ0) is 25.5. The molecule has 1 atom stereocenters. The van der Waals surface area contributed by atoms with Gasteiger partial charge in [-0.3, -0.25) is 14.5 Å². The third kappa shape index (κ3) is 7.08. The molecular weight excluding hydrogens is 459 g/mol. The molecule has 0 spiro atoms. The summed E-state index contributed by atoms with van der Waals surface area (Å²) in [5, 5.41) is 0. The van der Waals surface area contributed by atoms with E-state index in [2.05, 4.69) is 11.6 Å². The molecule has 2 aromatic rings. The van der Waals surface area contributed by atoms with Gasteiger partial charge in [0, 0.05) is 23.6 Å². The van der Waals surface area contributed by atoms with Gasteiger partial charge in [-0.2, -0.15) is 0 Å². The number of pyridine rings is 1. The maximum atomic E-state index is 12.0.